The number of nitrogens with zero attached hydrogens (tertiary/aromatic N) is 2. The van der Waals surface area contributed by atoms with Gasteiger partial charge >= 0.3 is 6.18 Å². The summed E-state index contributed by atoms with van der Waals surface area (Å²) < 4.78 is 61.0. The molecule has 1 aromatic heterocycles. The van der Waals surface area contributed by atoms with E-state index in [2.05, 4.69) is 5.10 Å². The van der Waals surface area contributed by atoms with Crippen molar-refractivity contribution >= 4 is 10.0 Å². The molecule has 2 rings (SSSR count). The van der Waals surface area contributed by atoms with Gasteiger partial charge in [0.15, 0.2) is 0 Å². The lowest BCUT2D eigenvalue weighted by molar-refractivity contribution is -0.137. The van der Waals surface area contributed by atoms with Gasteiger partial charge in [0.1, 0.15) is 4.90 Å². The third-order valence-electron chi connectivity index (χ3n) is 2.54. The Bertz CT molecular complexity index is 723. The van der Waals surface area contributed by atoms with Gasteiger partial charge in [-0.1, -0.05) is 12.1 Å². The van der Waals surface area contributed by atoms with Crippen molar-refractivity contribution in [3.8, 4) is 0 Å². The van der Waals surface area contributed by atoms with Gasteiger partial charge in [-0.15, -0.1) is 0 Å². The Morgan fingerprint density at radius 1 is 1.30 bits per heavy atom. The fourth-order valence-electron chi connectivity index (χ4n) is 1.61. The second kappa shape index (κ2) is 4.91. The Balaban J connectivity index is 2.25. The van der Waals surface area contributed by atoms with Crippen LogP contribution in [0.3, 0.4) is 0 Å². The van der Waals surface area contributed by atoms with Crippen LogP contribution in [0.25, 0.3) is 0 Å². The SMILES string of the molecule is NS(=O)(=O)c1cnn(Cc2cccc(C(F)(F)F)c2)c1. The summed E-state index contributed by atoms with van der Waals surface area (Å²) in [6.45, 7) is 0.0133. The number of aromatic nitrogens is 2. The molecule has 0 aliphatic rings. The van der Waals surface area contributed by atoms with Crippen LogP contribution < -0.4 is 5.14 Å². The van der Waals surface area contributed by atoms with Crippen molar-refractivity contribution in [3.63, 3.8) is 0 Å². The lowest BCUT2D eigenvalue weighted by atomic mass is 10.1. The number of benzene rings is 1. The molecule has 0 radical (unpaired) electrons. The Hall–Kier alpha value is -1.87. The van der Waals surface area contributed by atoms with E-state index in [0.717, 1.165) is 24.5 Å². The fourth-order valence-corrected chi connectivity index (χ4v) is 2.07. The minimum absolute atomic E-state index is 0.0133. The molecule has 20 heavy (non-hydrogen) atoms. The van der Waals surface area contributed by atoms with E-state index >= 15 is 0 Å². The lowest BCUT2D eigenvalue weighted by Gasteiger charge is -2.08. The van der Waals surface area contributed by atoms with Crippen molar-refractivity contribution in [2.45, 2.75) is 17.6 Å². The summed E-state index contributed by atoms with van der Waals surface area (Å²) in [5.74, 6) is 0. The molecule has 0 aliphatic carbocycles. The van der Waals surface area contributed by atoms with Gasteiger partial charge in [-0.3, -0.25) is 4.68 Å². The molecule has 2 N–H and O–H groups in total. The Labute approximate surface area is 112 Å². The second-order valence-corrected chi connectivity index (χ2v) is 5.68. The summed E-state index contributed by atoms with van der Waals surface area (Å²) in [6.07, 6.45) is -2.22. The number of rotatable bonds is 3. The molecular formula is C11H10F3N3O2S. The zero-order valence-electron chi connectivity index (χ0n) is 10.0. The number of hydrogen-bond donors (Lipinski definition) is 1. The zero-order chi connectivity index (χ0) is 15.0. The predicted octanol–water partition coefficient (Wildman–Crippen LogP) is 1.60. The minimum Gasteiger partial charge on any atom is -0.267 e. The molecule has 1 heterocycles. The molecule has 0 saturated carbocycles. The third kappa shape index (κ3) is 3.36. The summed E-state index contributed by atoms with van der Waals surface area (Å²) in [4.78, 5) is -0.190. The van der Waals surface area contributed by atoms with Crippen LogP contribution in [-0.4, -0.2) is 18.2 Å². The average molecular weight is 305 g/mol. The number of halogens is 3. The van der Waals surface area contributed by atoms with Crippen LogP contribution >= 0.6 is 0 Å². The first kappa shape index (κ1) is 14.5. The Morgan fingerprint density at radius 2 is 2.00 bits per heavy atom. The van der Waals surface area contributed by atoms with E-state index in [1.165, 1.54) is 16.8 Å². The maximum absolute atomic E-state index is 12.5. The van der Waals surface area contributed by atoms with Gasteiger partial charge in [0, 0.05) is 6.20 Å². The van der Waals surface area contributed by atoms with Gasteiger partial charge in [-0.05, 0) is 17.7 Å². The monoisotopic (exact) mass is 305 g/mol. The molecule has 0 aliphatic heterocycles. The maximum Gasteiger partial charge on any atom is 0.416 e. The number of alkyl halides is 3. The lowest BCUT2D eigenvalue weighted by Crippen LogP contribution is -2.11. The van der Waals surface area contributed by atoms with Crippen LogP contribution in [0.15, 0.2) is 41.6 Å². The van der Waals surface area contributed by atoms with Crippen LogP contribution in [0.1, 0.15) is 11.1 Å². The Morgan fingerprint density at radius 3 is 2.55 bits per heavy atom. The standard InChI is InChI=1S/C11H10F3N3O2S/c12-11(13,14)9-3-1-2-8(4-9)6-17-7-10(5-16-17)20(15,18)19/h1-5,7H,6H2,(H2,15,18,19). The van der Waals surface area contributed by atoms with Gasteiger partial charge in [0.25, 0.3) is 0 Å². The van der Waals surface area contributed by atoms with Crippen LogP contribution in [0, 0.1) is 0 Å². The molecule has 0 bridgehead atoms. The third-order valence-corrected chi connectivity index (χ3v) is 3.40. The van der Waals surface area contributed by atoms with Gasteiger partial charge in [0.2, 0.25) is 10.0 Å². The van der Waals surface area contributed by atoms with E-state index in [-0.39, 0.29) is 11.4 Å². The van der Waals surface area contributed by atoms with Crippen molar-refractivity contribution in [3.05, 3.63) is 47.8 Å². The molecule has 0 fully saturated rings. The highest BCUT2D eigenvalue weighted by molar-refractivity contribution is 7.89. The predicted molar refractivity (Wildman–Crippen MR) is 64.1 cm³/mol. The summed E-state index contributed by atoms with van der Waals surface area (Å²) in [7, 11) is -3.87. The number of sulfonamides is 1. The summed E-state index contributed by atoms with van der Waals surface area (Å²) in [5, 5.41) is 8.66. The van der Waals surface area contributed by atoms with Gasteiger partial charge in [-0.2, -0.15) is 18.3 Å². The Kier molecular flexibility index (Phi) is 3.57. The van der Waals surface area contributed by atoms with E-state index in [1.54, 1.807) is 0 Å². The molecule has 0 atom stereocenters. The van der Waals surface area contributed by atoms with Crippen LogP contribution in [-0.2, 0) is 22.7 Å². The molecule has 9 heteroatoms. The normalized spacial score (nSPS) is 12.6. The highest BCUT2D eigenvalue weighted by atomic mass is 32.2. The number of nitrogens with two attached hydrogens (primary N) is 1. The molecule has 0 spiro atoms. The van der Waals surface area contributed by atoms with Crippen LogP contribution in [0.2, 0.25) is 0 Å². The summed E-state index contributed by atoms with van der Waals surface area (Å²) >= 11 is 0. The van der Waals surface area contributed by atoms with Gasteiger partial charge in [0.05, 0.1) is 18.3 Å². The summed E-state index contributed by atoms with van der Waals surface area (Å²) in [5.41, 5.74) is -0.419. The first-order valence-corrected chi connectivity index (χ1v) is 6.92. The van der Waals surface area contributed by atoms with E-state index in [0.29, 0.717) is 5.56 Å². The molecule has 108 valence electrons. The second-order valence-electron chi connectivity index (χ2n) is 4.12. The maximum atomic E-state index is 12.5. The van der Waals surface area contributed by atoms with Crippen LogP contribution in [0.5, 0.6) is 0 Å². The van der Waals surface area contributed by atoms with Crippen LogP contribution in [0.4, 0.5) is 13.2 Å². The van der Waals surface area contributed by atoms with E-state index in [1.807, 2.05) is 0 Å². The largest absolute Gasteiger partial charge is 0.416 e. The summed E-state index contributed by atoms with van der Waals surface area (Å²) in [6, 6.07) is 4.72. The van der Waals surface area contributed by atoms with Gasteiger partial charge < -0.3 is 0 Å². The smallest absolute Gasteiger partial charge is 0.267 e. The number of hydrogen-bond acceptors (Lipinski definition) is 3. The van der Waals surface area contributed by atoms with Crippen molar-refractivity contribution in [1.29, 1.82) is 0 Å². The first-order chi connectivity index (χ1) is 9.16. The van der Waals surface area contributed by atoms with Crippen molar-refractivity contribution in [2.24, 2.45) is 5.14 Å². The first-order valence-electron chi connectivity index (χ1n) is 5.38. The average Bonchev–Trinajstić information content (AvgIpc) is 2.76. The van der Waals surface area contributed by atoms with Crippen molar-refractivity contribution in [1.82, 2.24) is 9.78 Å². The quantitative estimate of drug-likeness (QED) is 0.935. The topological polar surface area (TPSA) is 78.0 Å². The fraction of sp³-hybridized carbons (Fsp3) is 0.182. The highest BCUT2D eigenvalue weighted by Gasteiger charge is 2.30. The van der Waals surface area contributed by atoms with E-state index < -0.39 is 21.8 Å². The molecule has 0 saturated heterocycles. The molecule has 1 aromatic carbocycles. The minimum atomic E-state index is -4.42. The highest BCUT2D eigenvalue weighted by Crippen LogP contribution is 2.29. The molecule has 0 unspecified atom stereocenters. The number of primary sulfonamides is 1. The van der Waals surface area contributed by atoms with Gasteiger partial charge in [-0.25, -0.2) is 13.6 Å². The van der Waals surface area contributed by atoms with E-state index in [4.69, 9.17) is 5.14 Å². The zero-order valence-corrected chi connectivity index (χ0v) is 10.8. The molecule has 0 amide bonds. The molecular weight excluding hydrogens is 295 g/mol. The molecule has 2 aromatic rings. The van der Waals surface area contributed by atoms with E-state index in [9.17, 15) is 21.6 Å². The van der Waals surface area contributed by atoms with Crippen molar-refractivity contribution in [2.75, 3.05) is 0 Å². The van der Waals surface area contributed by atoms with Crippen molar-refractivity contribution < 1.29 is 21.6 Å². The molecule has 5 nitrogen and oxygen atoms in total.